The Bertz CT molecular complexity index is 4350. The molecule has 106 heavy (non-hydrogen) atoms. The number of hydrogen-bond acceptors (Lipinski definition) is 20. The molecule has 544 valence electrons. The van der Waals surface area contributed by atoms with Crippen LogP contribution in [0.4, 0.5) is 0 Å². The first kappa shape index (κ1) is 75.8. The van der Waals surface area contributed by atoms with Crippen molar-refractivity contribution in [3.63, 3.8) is 0 Å². The van der Waals surface area contributed by atoms with Gasteiger partial charge in [-0.2, -0.15) is 0 Å². The second-order valence-corrected chi connectivity index (χ2v) is 24.9. The predicted molar refractivity (Wildman–Crippen MR) is 384 cm³/mol. The van der Waals surface area contributed by atoms with Crippen LogP contribution in [0.5, 0.6) is 0 Å². The number of methoxy groups -OCH3 is 1. The van der Waals surface area contributed by atoms with Gasteiger partial charge in [0.1, 0.15) is 49.8 Å². The zero-order chi connectivity index (χ0) is 73.8. The number of carbonyl (C=O) groups excluding carboxylic acids is 5. The molecule has 9 aromatic carbocycles. The third kappa shape index (κ3) is 20.5. The maximum atomic E-state index is 16.3. The van der Waals surface area contributed by atoms with Crippen LogP contribution in [0.25, 0.3) is 20.9 Å². The molecule has 2 heterocycles. The third-order valence-electron chi connectivity index (χ3n) is 17.7. The van der Waals surface area contributed by atoms with Gasteiger partial charge in [0.15, 0.2) is 12.2 Å². The maximum Gasteiger partial charge on any atom is 0.367 e. The van der Waals surface area contributed by atoms with Gasteiger partial charge in [-0.25, -0.2) is 24.0 Å². The van der Waals surface area contributed by atoms with Gasteiger partial charge in [-0.3, -0.25) is 0 Å². The first-order chi connectivity index (χ1) is 51.9. The van der Waals surface area contributed by atoms with Gasteiger partial charge < -0.3 is 61.6 Å². The molecule has 11 rings (SSSR count). The number of hydrogen-bond donors (Lipinski definition) is 0. The molecule has 0 spiro atoms. The summed E-state index contributed by atoms with van der Waals surface area (Å²) < 4.78 is 86.6. The van der Waals surface area contributed by atoms with Crippen molar-refractivity contribution in [2.45, 2.75) is 125 Å². The Morgan fingerprint density at radius 3 is 1.25 bits per heavy atom. The normalized spacial score (nSPS) is 20.8. The lowest BCUT2D eigenvalue weighted by atomic mass is 9.88. The Balaban J connectivity index is 1.09. The number of azide groups is 2. The highest BCUT2D eigenvalue weighted by Gasteiger charge is 2.61. The Hall–Kier alpha value is -11.4. The minimum atomic E-state index is -2.81. The fraction of sp³-hybridized carbons (Fsp3) is 0.280. The molecule has 2 fully saturated rings. The number of ether oxygens (including phenoxy) is 13. The van der Waals surface area contributed by atoms with E-state index >= 15 is 19.2 Å². The summed E-state index contributed by atoms with van der Waals surface area (Å²) in [6.45, 7) is -2.16. The molecule has 0 aromatic heterocycles. The standard InChI is InChI=1S/C82H78N6O18/c1-94-81(79(92)99-53-61-37-19-6-20-38-61)48-67(102-76(89)63-41-23-8-24-42-63)71(86-88-84)75(105-81)73(104-78(91)65-45-27-10-28-46-65)69(103-77(90)64-43-25-9-26-44-64)56-101-82(80(93)100-54-62-39-21-7-22-40-62)47-66(96-50-58-31-13-3-14-32-58)70(85-87-83)74(106-82)72(98-52-60-35-17-5-18-36-60)68(97-51-59-33-15-4-16-34-59)55-95-49-57-29-11-2-12-30-57/h2-46,66-75H,47-56H2,1H3/t66-,67-,68+,69+,70+,71+,72+,73+,74+,75+,81-,82+/m0/s1. The minimum Gasteiger partial charge on any atom is -0.458 e. The van der Waals surface area contributed by atoms with Crippen molar-refractivity contribution >= 4 is 29.8 Å². The van der Waals surface area contributed by atoms with Gasteiger partial charge in [0.25, 0.3) is 11.6 Å². The lowest BCUT2D eigenvalue weighted by Gasteiger charge is -2.49. The second kappa shape index (κ2) is 38.4. The summed E-state index contributed by atoms with van der Waals surface area (Å²) in [6.07, 6.45) is -15.1. The quantitative estimate of drug-likeness (QED) is 0.0117. The third-order valence-corrected chi connectivity index (χ3v) is 17.7. The molecule has 0 radical (unpaired) electrons. The average molecular weight is 1440 g/mol. The van der Waals surface area contributed by atoms with Gasteiger partial charge in [-0.05, 0) is 80.8 Å². The van der Waals surface area contributed by atoms with Crippen LogP contribution >= 0.6 is 0 Å². The molecule has 0 N–H and O–H groups in total. The number of esters is 5. The van der Waals surface area contributed by atoms with E-state index in [4.69, 9.17) is 61.6 Å². The van der Waals surface area contributed by atoms with Crippen LogP contribution in [0, 0.1) is 0 Å². The molecule has 12 atom stereocenters. The summed E-state index contributed by atoms with van der Waals surface area (Å²) >= 11 is 0. The molecule has 0 unspecified atom stereocenters. The van der Waals surface area contributed by atoms with E-state index in [-0.39, 0.29) is 62.9 Å². The Labute approximate surface area is 612 Å². The molecule has 24 nitrogen and oxygen atoms in total. The van der Waals surface area contributed by atoms with Crippen LogP contribution in [-0.4, -0.2) is 123 Å². The van der Waals surface area contributed by atoms with Crippen molar-refractivity contribution in [2.75, 3.05) is 20.3 Å². The lowest BCUT2D eigenvalue weighted by molar-refractivity contribution is -0.329. The SMILES string of the molecule is CO[C@@]1(C(=O)OCc2ccccc2)C[C@H](OC(=O)c2ccccc2)[C@@H](N=[N+]=[N-])[C@H]([C@H](OC(=O)c2ccccc2)[C@@H](CO[C@]2(C(=O)OCc3ccccc3)C[C@H](OCc3ccccc3)[C@@H](N=[N+]=[N-])[C@H]([C@H](OCc3ccccc3)[C@@H](COCc3ccccc3)OCc3ccccc3)O2)OC(=O)c2ccccc2)O1. The van der Waals surface area contributed by atoms with Crippen molar-refractivity contribution in [1.29, 1.82) is 0 Å². The Morgan fingerprint density at radius 2 is 0.783 bits per heavy atom. The van der Waals surface area contributed by atoms with Crippen molar-refractivity contribution in [3.8, 4) is 0 Å². The van der Waals surface area contributed by atoms with Gasteiger partial charge in [-0.15, -0.1) is 0 Å². The Morgan fingerprint density at radius 1 is 0.415 bits per heavy atom. The average Bonchev–Trinajstić information content (AvgIpc) is 0.757. The van der Waals surface area contributed by atoms with E-state index < -0.39 is 122 Å². The van der Waals surface area contributed by atoms with Gasteiger partial charge in [0, 0.05) is 23.4 Å². The molecule has 9 aromatic rings. The highest BCUT2D eigenvalue weighted by molar-refractivity contribution is 5.91. The van der Waals surface area contributed by atoms with E-state index in [1.54, 1.807) is 115 Å². The van der Waals surface area contributed by atoms with Gasteiger partial charge in [0.05, 0.1) is 74.9 Å². The first-order valence-electron chi connectivity index (χ1n) is 34.4. The monoisotopic (exact) mass is 1430 g/mol. The zero-order valence-electron chi connectivity index (χ0n) is 57.9. The van der Waals surface area contributed by atoms with Crippen LogP contribution in [-0.2, 0) is 111 Å². The highest BCUT2D eigenvalue weighted by Crippen LogP contribution is 2.43. The number of benzene rings is 9. The van der Waals surface area contributed by atoms with Crippen LogP contribution < -0.4 is 0 Å². The van der Waals surface area contributed by atoms with Gasteiger partial charge in [-0.1, -0.05) is 247 Å². The van der Waals surface area contributed by atoms with Crippen molar-refractivity contribution < 1.29 is 85.6 Å². The number of carbonyl (C=O) groups is 5. The molecule has 2 saturated heterocycles. The summed E-state index contributed by atoms with van der Waals surface area (Å²) in [5.74, 6) is -10.9. The predicted octanol–water partition coefficient (Wildman–Crippen LogP) is 14.1. The van der Waals surface area contributed by atoms with E-state index in [9.17, 15) is 15.9 Å². The zero-order valence-corrected chi connectivity index (χ0v) is 57.9. The molecule has 0 bridgehead atoms. The summed E-state index contributed by atoms with van der Waals surface area (Å²) in [4.78, 5) is 82.8. The van der Waals surface area contributed by atoms with Crippen molar-refractivity contribution in [3.05, 3.63) is 344 Å². The van der Waals surface area contributed by atoms with Crippen LogP contribution in [0.2, 0.25) is 0 Å². The molecule has 0 saturated carbocycles. The minimum absolute atomic E-state index is 0.0158. The van der Waals surface area contributed by atoms with E-state index in [2.05, 4.69) is 20.1 Å². The van der Waals surface area contributed by atoms with Crippen LogP contribution in [0.1, 0.15) is 77.3 Å². The van der Waals surface area contributed by atoms with Crippen molar-refractivity contribution in [1.82, 2.24) is 0 Å². The summed E-state index contributed by atoms with van der Waals surface area (Å²) in [5.41, 5.74) is 25.5. The van der Waals surface area contributed by atoms with Gasteiger partial charge >= 0.3 is 29.8 Å². The maximum absolute atomic E-state index is 16.3. The summed E-state index contributed by atoms with van der Waals surface area (Å²) in [5, 5.41) is 8.58. The molecule has 0 aliphatic carbocycles. The fourth-order valence-electron chi connectivity index (χ4n) is 12.3. The van der Waals surface area contributed by atoms with E-state index in [1.165, 1.54) is 36.4 Å². The second-order valence-electron chi connectivity index (χ2n) is 24.9. The van der Waals surface area contributed by atoms with E-state index in [0.29, 0.717) is 22.3 Å². The first-order valence-corrected chi connectivity index (χ1v) is 34.4. The Kier molecular flexibility index (Phi) is 27.5. The van der Waals surface area contributed by atoms with Crippen molar-refractivity contribution in [2.24, 2.45) is 10.2 Å². The number of rotatable bonds is 35. The van der Waals surface area contributed by atoms with E-state index in [1.807, 2.05) is 121 Å². The summed E-state index contributed by atoms with van der Waals surface area (Å²) in [6, 6.07) is 74.3. The molecule has 0 amide bonds. The van der Waals surface area contributed by atoms with Gasteiger partial charge in [0.2, 0.25) is 0 Å². The smallest absolute Gasteiger partial charge is 0.367 e. The highest BCUT2D eigenvalue weighted by atomic mass is 16.8. The van der Waals surface area contributed by atoms with Crippen LogP contribution in [0.3, 0.4) is 0 Å². The summed E-state index contributed by atoms with van der Waals surface area (Å²) in [7, 11) is 1.12. The molecule has 2 aliphatic heterocycles. The molecular weight excluding hydrogens is 1360 g/mol. The number of nitrogens with zero attached hydrogens (tertiary/aromatic N) is 6. The van der Waals surface area contributed by atoms with Crippen LogP contribution in [0.15, 0.2) is 283 Å². The molecular formula is C82H78N6O18. The molecule has 24 heteroatoms. The largest absolute Gasteiger partial charge is 0.458 e. The lowest BCUT2D eigenvalue weighted by Crippen LogP contribution is -2.66. The topological polar surface area (TPSA) is 303 Å². The molecule has 2 aliphatic rings. The van der Waals surface area contributed by atoms with E-state index in [0.717, 1.165) is 18.2 Å². The fourth-order valence-corrected chi connectivity index (χ4v) is 12.3.